The summed E-state index contributed by atoms with van der Waals surface area (Å²) in [6.07, 6.45) is 1.86. The van der Waals surface area contributed by atoms with Crippen molar-refractivity contribution in [1.82, 2.24) is 15.1 Å². The number of amides is 1. The van der Waals surface area contributed by atoms with Crippen LogP contribution in [0.1, 0.15) is 32.2 Å². The number of nitrogens with one attached hydrogen (secondary N) is 1. The molecule has 2 heterocycles. The Morgan fingerprint density at radius 2 is 1.79 bits per heavy atom. The SMILES string of the molecule is Cc1nn(-c2ccccc2)c2c1-c1sc(C(=O)NCc3ccccc3)cc1CC2. The Balaban J connectivity index is 1.45. The van der Waals surface area contributed by atoms with Gasteiger partial charge in [0.25, 0.3) is 5.91 Å². The summed E-state index contributed by atoms with van der Waals surface area (Å²) in [5, 5.41) is 7.86. The summed E-state index contributed by atoms with van der Waals surface area (Å²) in [5.74, 6) is -0.0112. The minimum atomic E-state index is -0.0112. The van der Waals surface area contributed by atoms with E-state index in [0.29, 0.717) is 6.54 Å². The van der Waals surface area contributed by atoms with Crippen molar-refractivity contribution in [1.29, 1.82) is 0 Å². The number of nitrogens with zero attached hydrogens (tertiary/aromatic N) is 2. The van der Waals surface area contributed by atoms with Gasteiger partial charge < -0.3 is 5.32 Å². The van der Waals surface area contributed by atoms with Crippen LogP contribution < -0.4 is 5.32 Å². The number of hydrogen-bond acceptors (Lipinski definition) is 3. The van der Waals surface area contributed by atoms with Crippen molar-refractivity contribution < 1.29 is 4.79 Å². The maximum absolute atomic E-state index is 12.7. The van der Waals surface area contributed by atoms with Gasteiger partial charge in [-0.25, -0.2) is 4.68 Å². The number of carbonyl (C=O) groups is 1. The van der Waals surface area contributed by atoms with E-state index in [0.717, 1.165) is 34.7 Å². The molecule has 2 aromatic heterocycles. The lowest BCUT2D eigenvalue weighted by Crippen LogP contribution is -2.21. The number of aromatic nitrogens is 2. The third kappa shape index (κ3) is 3.28. The average molecular weight is 400 g/mol. The van der Waals surface area contributed by atoms with E-state index in [1.165, 1.54) is 21.7 Å². The van der Waals surface area contributed by atoms with Gasteiger partial charge in [-0.05, 0) is 49.1 Å². The Kier molecular flexibility index (Phi) is 4.52. The van der Waals surface area contributed by atoms with Gasteiger partial charge in [0.1, 0.15) is 0 Å². The minimum absolute atomic E-state index is 0.0112. The molecule has 5 heteroatoms. The van der Waals surface area contributed by atoms with Gasteiger partial charge in [-0.3, -0.25) is 4.79 Å². The molecule has 1 aliphatic rings. The van der Waals surface area contributed by atoms with E-state index in [9.17, 15) is 4.79 Å². The molecule has 0 saturated carbocycles. The summed E-state index contributed by atoms with van der Waals surface area (Å²) in [6.45, 7) is 2.60. The zero-order valence-corrected chi connectivity index (χ0v) is 17.0. The van der Waals surface area contributed by atoms with Crippen LogP contribution in [0.25, 0.3) is 16.1 Å². The van der Waals surface area contributed by atoms with Crippen molar-refractivity contribution >= 4 is 17.2 Å². The fourth-order valence-corrected chi connectivity index (χ4v) is 5.19. The van der Waals surface area contributed by atoms with Crippen LogP contribution in [0.15, 0.2) is 66.7 Å². The summed E-state index contributed by atoms with van der Waals surface area (Å²) in [6, 6.07) is 22.3. The van der Waals surface area contributed by atoms with E-state index in [4.69, 9.17) is 5.10 Å². The smallest absolute Gasteiger partial charge is 0.261 e. The molecule has 0 saturated heterocycles. The molecule has 0 radical (unpaired) electrons. The molecule has 4 aromatic rings. The number of rotatable bonds is 4. The molecule has 4 nitrogen and oxygen atoms in total. The second-order valence-corrected chi connectivity index (χ2v) is 8.34. The van der Waals surface area contributed by atoms with E-state index in [2.05, 4.69) is 35.1 Å². The molecule has 0 aliphatic heterocycles. The molecule has 0 atom stereocenters. The zero-order chi connectivity index (χ0) is 19.8. The first-order chi connectivity index (χ1) is 14.2. The highest BCUT2D eigenvalue weighted by Gasteiger charge is 2.27. The first-order valence-electron chi connectivity index (χ1n) is 9.80. The highest BCUT2D eigenvalue weighted by Crippen LogP contribution is 2.42. The van der Waals surface area contributed by atoms with Crippen LogP contribution in [0.4, 0.5) is 0 Å². The Morgan fingerprint density at radius 1 is 1.07 bits per heavy atom. The number of hydrogen-bond donors (Lipinski definition) is 1. The lowest BCUT2D eigenvalue weighted by atomic mass is 9.95. The quantitative estimate of drug-likeness (QED) is 0.528. The third-order valence-electron chi connectivity index (χ3n) is 5.34. The van der Waals surface area contributed by atoms with Gasteiger partial charge in [-0.2, -0.15) is 5.10 Å². The number of para-hydroxylation sites is 1. The lowest BCUT2D eigenvalue weighted by molar-refractivity contribution is 0.0955. The van der Waals surface area contributed by atoms with Gasteiger partial charge in [0.05, 0.1) is 22.0 Å². The highest BCUT2D eigenvalue weighted by atomic mass is 32.1. The first-order valence-corrected chi connectivity index (χ1v) is 10.6. The second kappa shape index (κ2) is 7.33. The van der Waals surface area contributed by atoms with Crippen molar-refractivity contribution in [3.05, 3.63) is 94.1 Å². The molecule has 144 valence electrons. The molecular formula is C24H21N3OS. The normalized spacial score (nSPS) is 12.3. The summed E-state index contributed by atoms with van der Waals surface area (Å²) in [7, 11) is 0. The lowest BCUT2D eigenvalue weighted by Gasteiger charge is -2.14. The third-order valence-corrected chi connectivity index (χ3v) is 6.54. The van der Waals surface area contributed by atoms with Crippen molar-refractivity contribution in [2.45, 2.75) is 26.3 Å². The summed E-state index contributed by atoms with van der Waals surface area (Å²) >= 11 is 1.58. The molecule has 5 rings (SSSR count). The van der Waals surface area contributed by atoms with E-state index in [1.54, 1.807) is 11.3 Å². The molecule has 0 bridgehead atoms. The van der Waals surface area contributed by atoms with Crippen molar-refractivity contribution in [2.75, 3.05) is 0 Å². The van der Waals surface area contributed by atoms with E-state index >= 15 is 0 Å². The summed E-state index contributed by atoms with van der Waals surface area (Å²) in [5.41, 5.74) is 6.88. The molecule has 29 heavy (non-hydrogen) atoms. The Morgan fingerprint density at radius 3 is 2.55 bits per heavy atom. The van der Waals surface area contributed by atoms with Crippen LogP contribution in [-0.4, -0.2) is 15.7 Å². The number of fused-ring (bicyclic) bond motifs is 3. The van der Waals surface area contributed by atoms with Gasteiger partial charge >= 0.3 is 0 Å². The maximum Gasteiger partial charge on any atom is 0.261 e. The number of aryl methyl sites for hydroxylation is 2. The topological polar surface area (TPSA) is 46.9 Å². The fraction of sp³-hybridized carbons (Fsp3) is 0.167. The minimum Gasteiger partial charge on any atom is -0.347 e. The molecule has 0 unspecified atom stereocenters. The van der Waals surface area contributed by atoms with Crippen LogP contribution in [0.2, 0.25) is 0 Å². The fourth-order valence-electron chi connectivity index (χ4n) is 3.94. The van der Waals surface area contributed by atoms with Gasteiger partial charge in [0.15, 0.2) is 0 Å². The predicted molar refractivity (Wildman–Crippen MR) is 117 cm³/mol. The molecule has 0 fully saturated rings. The monoisotopic (exact) mass is 399 g/mol. The van der Waals surface area contributed by atoms with Crippen molar-refractivity contribution in [3.8, 4) is 16.1 Å². The van der Waals surface area contributed by atoms with Crippen molar-refractivity contribution in [3.63, 3.8) is 0 Å². The number of carbonyl (C=O) groups excluding carboxylic acids is 1. The predicted octanol–water partition coefficient (Wildman–Crippen LogP) is 4.94. The highest BCUT2D eigenvalue weighted by molar-refractivity contribution is 7.17. The molecular weight excluding hydrogens is 378 g/mol. The van der Waals surface area contributed by atoms with Gasteiger partial charge in [-0.15, -0.1) is 11.3 Å². The molecule has 2 aromatic carbocycles. The molecule has 0 spiro atoms. The van der Waals surface area contributed by atoms with Crippen LogP contribution in [0.3, 0.4) is 0 Å². The van der Waals surface area contributed by atoms with Gasteiger partial charge in [0.2, 0.25) is 0 Å². The van der Waals surface area contributed by atoms with Crippen molar-refractivity contribution in [2.24, 2.45) is 0 Å². The summed E-state index contributed by atoms with van der Waals surface area (Å²) < 4.78 is 2.06. The average Bonchev–Trinajstić information content (AvgIpc) is 3.34. The van der Waals surface area contributed by atoms with Gasteiger partial charge in [-0.1, -0.05) is 48.5 Å². The van der Waals surface area contributed by atoms with Crippen LogP contribution in [-0.2, 0) is 19.4 Å². The van der Waals surface area contributed by atoms with E-state index in [1.807, 2.05) is 48.5 Å². The van der Waals surface area contributed by atoms with Crippen LogP contribution in [0.5, 0.6) is 0 Å². The standard InChI is InChI=1S/C24H21N3OS/c1-16-22-20(27(26-16)19-10-6-3-7-11-19)13-12-18-14-21(29-23(18)22)24(28)25-15-17-8-4-2-5-9-17/h2-11,14H,12-13,15H2,1H3,(H,25,28). The molecule has 1 aliphatic carbocycles. The number of thiophene rings is 1. The van der Waals surface area contributed by atoms with E-state index < -0.39 is 0 Å². The Hall–Kier alpha value is -3.18. The Bertz CT molecular complexity index is 1180. The van der Waals surface area contributed by atoms with E-state index in [-0.39, 0.29) is 5.91 Å². The van der Waals surface area contributed by atoms with Gasteiger partial charge in [0, 0.05) is 17.0 Å². The largest absolute Gasteiger partial charge is 0.347 e. The summed E-state index contributed by atoms with van der Waals surface area (Å²) in [4.78, 5) is 14.7. The molecule has 1 N–H and O–H groups in total. The van der Waals surface area contributed by atoms with Crippen LogP contribution >= 0.6 is 11.3 Å². The first kappa shape index (κ1) is 17.9. The Labute approximate surface area is 173 Å². The molecule has 1 amide bonds. The zero-order valence-electron chi connectivity index (χ0n) is 16.2. The maximum atomic E-state index is 12.7. The second-order valence-electron chi connectivity index (χ2n) is 7.29. The number of benzene rings is 2. The van der Waals surface area contributed by atoms with Crippen LogP contribution in [0, 0.1) is 6.92 Å².